The lowest BCUT2D eigenvalue weighted by atomic mass is 10.0. The minimum absolute atomic E-state index is 0.204. The van der Waals surface area contributed by atoms with Gasteiger partial charge in [-0.15, -0.1) is 0 Å². The molecule has 1 saturated heterocycles. The SMILES string of the molecule is CN(CC(F)F)C(=O)NC[C@@H](c1cccc(F)c1)N1CCOCC1. The van der Waals surface area contributed by atoms with Crippen LogP contribution < -0.4 is 5.32 Å². The smallest absolute Gasteiger partial charge is 0.317 e. The maximum atomic E-state index is 13.5. The Hall–Kier alpha value is -1.80. The molecule has 0 radical (unpaired) electrons. The number of hydrogen-bond acceptors (Lipinski definition) is 3. The van der Waals surface area contributed by atoms with Crippen molar-refractivity contribution in [3.8, 4) is 0 Å². The van der Waals surface area contributed by atoms with Gasteiger partial charge in [-0.1, -0.05) is 12.1 Å². The summed E-state index contributed by atoms with van der Waals surface area (Å²) < 4.78 is 43.6. The minimum atomic E-state index is -2.58. The molecule has 1 atom stereocenters. The zero-order valence-corrected chi connectivity index (χ0v) is 13.6. The van der Waals surface area contributed by atoms with Gasteiger partial charge in [-0.25, -0.2) is 18.0 Å². The van der Waals surface area contributed by atoms with Crippen LogP contribution >= 0.6 is 0 Å². The number of nitrogens with zero attached hydrogens (tertiary/aromatic N) is 2. The van der Waals surface area contributed by atoms with Gasteiger partial charge >= 0.3 is 6.03 Å². The molecule has 0 unspecified atom stereocenters. The number of ether oxygens (including phenoxy) is 1. The topological polar surface area (TPSA) is 44.8 Å². The minimum Gasteiger partial charge on any atom is -0.379 e. The van der Waals surface area contributed by atoms with Crippen molar-refractivity contribution in [1.82, 2.24) is 15.1 Å². The Morgan fingerprint density at radius 3 is 2.71 bits per heavy atom. The van der Waals surface area contributed by atoms with Gasteiger partial charge in [-0.2, -0.15) is 0 Å². The first-order valence-corrected chi connectivity index (χ1v) is 7.81. The van der Waals surface area contributed by atoms with Gasteiger partial charge in [0.2, 0.25) is 0 Å². The van der Waals surface area contributed by atoms with Crippen LogP contribution in [0.15, 0.2) is 24.3 Å². The second kappa shape index (κ2) is 8.89. The number of carbonyl (C=O) groups excluding carboxylic acids is 1. The van der Waals surface area contributed by atoms with E-state index in [0.717, 1.165) is 10.5 Å². The molecule has 0 spiro atoms. The van der Waals surface area contributed by atoms with E-state index < -0.39 is 19.0 Å². The van der Waals surface area contributed by atoms with E-state index in [1.807, 2.05) is 0 Å². The second-order valence-electron chi connectivity index (χ2n) is 5.68. The van der Waals surface area contributed by atoms with E-state index in [0.29, 0.717) is 26.3 Å². The van der Waals surface area contributed by atoms with Crippen LogP contribution in [0.25, 0.3) is 0 Å². The van der Waals surface area contributed by atoms with Crippen LogP contribution in [0.5, 0.6) is 0 Å². The Labute approximate surface area is 139 Å². The summed E-state index contributed by atoms with van der Waals surface area (Å²) in [5, 5.41) is 2.65. The molecule has 24 heavy (non-hydrogen) atoms. The standard InChI is InChI=1S/C16H22F3N3O2/c1-21(11-15(18)19)16(23)20-10-14(22-5-7-24-8-6-22)12-3-2-4-13(17)9-12/h2-4,9,14-15H,5-8,10-11H2,1H3,(H,20,23)/t14-/m0/s1. The lowest BCUT2D eigenvalue weighted by molar-refractivity contribution is 0.0163. The number of amides is 2. The average molecular weight is 345 g/mol. The number of benzene rings is 1. The molecule has 5 nitrogen and oxygen atoms in total. The molecule has 0 aromatic heterocycles. The highest BCUT2D eigenvalue weighted by Crippen LogP contribution is 2.22. The Balaban J connectivity index is 2.04. The van der Waals surface area contributed by atoms with Crippen molar-refractivity contribution in [2.75, 3.05) is 46.4 Å². The van der Waals surface area contributed by atoms with Gasteiger partial charge in [0.25, 0.3) is 6.43 Å². The third kappa shape index (κ3) is 5.38. The van der Waals surface area contributed by atoms with E-state index in [1.54, 1.807) is 12.1 Å². The average Bonchev–Trinajstić information content (AvgIpc) is 2.55. The summed E-state index contributed by atoms with van der Waals surface area (Å²) in [6.07, 6.45) is -2.58. The highest BCUT2D eigenvalue weighted by atomic mass is 19.3. The summed E-state index contributed by atoms with van der Waals surface area (Å²) in [6, 6.07) is 5.36. The molecule has 1 fully saturated rings. The van der Waals surface area contributed by atoms with Gasteiger partial charge in [0.15, 0.2) is 0 Å². The fraction of sp³-hybridized carbons (Fsp3) is 0.562. The van der Waals surface area contributed by atoms with Gasteiger partial charge in [-0.05, 0) is 17.7 Å². The van der Waals surface area contributed by atoms with Crippen molar-refractivity contribution in [3.05, 3.63) is 35.6 Å². The van der Waals surface area contributed by atoms with Gasteiger partial charge in [-0.3, -0.25) is 4.90 Å². The number of halogens is 3. The summed E-state index contributed by atoms with van der Waals surface area (Å²) in [4.78, 5) is 15.0. The van der Waals surface area contributed by atoms with Gasteiger partial charge in [0.05, 0.1) is 25.8 Å². The summed E-state index contributed by atoms with van der Waals surface area (Å²) in [5.41, 5.74) is 0.730. The number of nitrogens with one attached hydrogen (secondary N) is 1. The van der Waals surface area contributed by atoms with Crippen molar-refractivity contribution >= 4 is 6.03 Å². The molecule has 1 heterocycles. The lowest BCUT2D eigenvalue weighted by Gasteiger charge is -2.35. The number of morpholine rings is 1. The molecule has 1 aromatic carbocycles. The van der Waals surface area contributed by atoms with E-state index in [2.05, 4.69) is 10.2 Å². The highest BCUT2D eigenvalue weighted by molar-refractivity contribution is 5.73. The van der Waals surface area contributed by atoms with Crippen LogP contribution in [0.1, 0.15) is 11.6 Å². The molecule has 2 amide bonds. The number of carbonyl (C=O) groups is 1. The maximum absolute atomic E-state index is 13.5. The summed E-state index contributed by atoms with van der Waals surface area (Å²) in [7, 11) is 1.31. The van der Waals surface area contributed by atoms with Crippen molar-refractivity contribution in [2.24, 2.45) is 0 Å². The first-order valence-electron chi connectivity index (χ1n) is 7.81. The zero-order chi connectivity index (χ0) is 17.5. The van der Waals surface area contributed by atoms with E-state index in [-0.39, 0.29) is 18.4 Å². The number of alkyl halides is 2. The monoisotopic (exact) mass is 345 g/mol. The molecular formula is C16H22F3N3O2. The van der Waals surface area contributed by atoms with Crippen molar-refractivity contribution in [3.63, 3.8) is 0 Å². The van der Waals surface area contributed by atoms with Gasteiger partial charge in [0.1, 0.15) is 5.82 Å². The van der Waals surface area contributed by atoms with E-state index in [9.17, 15) is 18.0 Å². The first kappa shape index (κ1) is 18.5. The molecule has 0 saturated carbocycles. The highest BCUT2D eigenvalue weighted by Gasteiger charge is 2.24. The van der Waals surface area contributed by atoms with Crippen molar-refractivity contribution < 1.29 is 22.7 Å². The Kier molecular flexibility index (Phi) is 6.86. The van der Waals surface area contributed by atoms with Crippen molar-refractivity contribution in [1.29, 1.82) is 0 Å². The lowest BCUT2D eigenvalue weighted by Crippen LogP contribution is -2.46. The van der Waals surface area contributed by atoms with Gasteiger partial charge < -0.3 is 15.0 Å². The molecule has 2 rings (SSSR count). The zero-order valence-electron chi connectivity index (χ0n) is 13.6. The number of rotatable bonds is 6. The van der Waals surface area contributed by atoms with E-state index in [4.69, 9.17) is 4.74 Å². The van der Waals surface area contributed by atoms with Crippen molar-refractivity contribution in [2.45, 2.75) is 12.5 Å². The molecule has 134 valence electrons. The van der Waals surface area contributed by atoms with E-state index >= 15 is 0 Å². The Morgan fingerprint density at radius 1 is 1.38 bits per heavy atom. The van der Waals surface area contributed by atoms with Crippen LogP contribution in [0.3, 0.4) is 0 Å². The molecular weight excluding hydrogens is 323 g/mol. The van der Waals surface area contributed by atoms with Crippen LogP contribution in [-0.4, -0.2) is 68.7 Å². The summed E-state index contributed by atoms with van der Waals surface area (Å²) in [5.74, 6) is -0.355. The summed E-state index contributed by atoms with van der Waals surface area (Å²) in [6.45, 7) is 2.01. The normalized spacial score (nSPS) is 16.9. The molecule has 0 aliphatic carbocycles. The molecule has 1 aromatic rings. The Bertz CT molecular complexity index is 539. The largest absolute Gasteiger partial charge is 0.379 e. The predicted octanol–water partition coefficient (Wildman–Crippen LogP) is 2.11. The van der Waals surface area contributed by atoms with Crippen LogP contribution in [0.4, 0.5) is 18.0 Å². The Morgan fingerprint density at radius 2 is 2.08 bits per heavy atom. The third-order valence-corrected chi connectivity index (χ3v) is 3.93. The van der Waals surface area contributed by atoms with Crippen LogP contribution in [0.2, 0.25) is 0 Å². The fourth-order valence-electron chi connectivity index (χ4n) is 2.67. The first-order chi connectivity index (χ1) is 11.5. The quantitative estimate of drug-likeness (QED) is 0.859. The third-order valence-electron chi connectivity index (χ3n) is 3.93. The number of urea groups is 1. The molecule has 1 aliphatic rings. The molecule has 0 bridgehead atoms. The van der Waals surface area contributed by atoms with Crippen LogP contribution in [-0.2, 0) is 4.74 Å². The fourth-order valence-corrected chi connectivity index (χ4v) is 2.67. The molecule has 8 heteroatoms. The van der Waals surface area contributed by atoms with Gasteiger partial charge in [0, 0.05) is 26.7 Å². The van der Waals surface area contributed by atoms with Crippen LogP contribution in [0, 0.1) is 5.82 Å². The molecule has 1 aliphatic heterocycles. The second-order valence-corrected chi connectivity index (χ2v) is 5.68. The predicted molar refractivity (Wildman–Crippen MR) is 83.6 cm³/mol. The van der Waals surface area contributed by atoms with E-state index in [1.165, 1.54) is 19.2 Å². The summed E-state index contributed by atoms with van der Waals surface area (Å²) >= 11 is 0. The number of hydrogen-bond donors (Lipinski definition) is 1. The maximum Gasteiger partial charge on any atom is 0.317 e. The molecule has 1 N–H and O–H groups in total.